The average Bonchev–Trinajstić information content (AvgIpc) is 3.11. The van der Waals surface area contributed by atoms with E-state index in [2.05, 4.69) is 27.7 Å². The van der Waals surface area contributed by atoms with Crippen LogP contribution < -0.4 is 10.6 Å². The molecule has 134 valence electrons. The second kappa shape index (κ2) is 8.25. The maximum Gasteiger partial charge on any atom is 0.257 e. The van der Waals surface area contributed by atoms with Crippen LogP contribution >= 0.6 is 0 Å². The first kappa shape index (κ1) is 17.6. The first-order valence-electron chi connectivity index (χ1n) is 9.08. The molecule has 1 aliphatic rings. The molecule has 1 amide bonds. The van der Waals surface area contributed by atoms with Crippen molar-refractivity contribution in [3.63, 3.8) is 0 Å². The summed E-state index contributed by atoms with van der Waals surface area (Å²) >= 11 is 0. The molecular formula is C19H26N4O2. The minimum atomic E-state index is 0.143. The smallest absolute Gasteiger partial charge is 0.257 e. The van der Waals surface area contributed by atoms with Crippen molar-refractivity contribution in [2.45, 2.75) is 45.6 Å². The van der Waals surface area contributed by atoms with Crippen molar-refractivity contribution < 1.29 is 9.32 Å². The lowest BCUT2D eigenvalue weighted by Gasteiger charge is -2.27. The zero-order chi connectivity index (χ0) is 17.6. The van der Waals surface area contributed by atoms with Gasteiger partial charge in [-0.2, -0.15) is 4.98 Å². The maximum absolute atomic E-state index is 12.2. The average molecular weight is 342 g/mol. The highest BCUT2D eigenvalue weighted by Gasteiger charge is 2.24. The van der Waals surface area contributed by atoms with Gasteiger partial charge in [0.15, 0.2) is 5.82 Å². The van der Waals surface area contributed by atoms with Crippen molar-refractivity contribution in [1.29, 1.82) is 0 Å². The van der Waals surface area contributed by atoms with Crippen molar-refractivity contribution in [3.05, 3.63) is 35.7 Å². The monoisotopic (exact) mass is 342 g/mol. The molecule has 1 aliphatic heterocycles. The van der Waals surface area contributed by atoms with Gasteiger partial charge in [-0.1, -0.05) is 24.2 Å². The molecule has 0 unspecified atom stereocenters. The number of nitrogens with zero attached hydrogens (tertiary/aromatic N) is 2. The summed E-state index contributed by atoms with van der Waals surface area (Å²) in [6.07, 6.45) is 3.42. The lowest BCUT2D eigenvalue weighted by atomic mass is 9.92. The van der Waals surface area contributed by atoms with Crippen molar-refractivity contribution in [1.82, 2.24) is 20.8 Å². The van der Waals surface area contributed by atoms with E-state index in [9.17, 15) is 4.79 Å². The molecular weight excluding hydrogens is 316 g/mol. The van der Waals surface area contributed by atoms with Crippen LogP contribution in [-0.4, -0.2) is 35.2 Å². The predicted octanol–water partition coefficient (Wildman–Crippen LogP) is 2.35. The van der Waals surface area contributed by atoms with Gasteiger partial charge in [0.25, 0.3) is 5.89 Å². The van der Waals surface area contributed by atoms with E-state index < -0.39 is 0 Å². The molecule has 6 heteroatoms. The number of aromatic nitrogens is 2. The van der Waals surface area contributed by atoms with E-state index in [1.807, 2.05) is 31.2 Å². The largest absolute Gasteiger partial charge is 0.356 e. The van der Waals surface area contributed by atoms with Crippen LogP contribution in [0.4, 0.5) is 0 Å². The second-order valence-electron chi connectivity index (χ2n) is 6.68. The van der Waals surface area contributed by atoms with E-state index in [1.54, 1.807) is 0 Å². The van der Waals surface area contributed by atoms with Crippen molar-refractivity contribution >= 4 is 5.91 Å². The van der Waals surface area contributed by atoms with Crippen LogP contribution in [0.25, 0.3) is 11.5 Å². The molecule has 0 spiro atoms. The predicted molar refractivity (Wildman–Crippen MR) is 96.0 cm³/mol. The highest BCUT2D eigenvalue weighted by molar-refractivity contribution is 5.78. The third-order valence-corrected chi connectivity index (χ3v) is 4.69. The SMILES string of the molecule is CCc1noc(-c2ccc(CCNC(=O)[C@H]3CCN[C@@H](C)C3)cc2)n1. The van der Waals surface area contributed by atoms with E-state index in [0.29, 0.717) is 24.3 Å². The molecule has 25 heavy (non-hydrogen) atoms. The molecule has 2 aromatic rings. The van der Waals surface area contributed by atoms with E-state index in [0.717, 1.165) is 37.8 Å². The topological polar surface area (TPSA) is 80.0 Å². The Bertz CT molecular complexity index is 696. The molecule has 1 fully saturated rings. The van der Waals surface area contributed by atoms with Crippen LogP contribution in [0.3, 0.4) is 0 Å². The van der Waals surface area contributed by atoms with Crippen LogP contribution in [0.5, 0.6) is 0 Å². The fraction of sp³-hybridized carbons (Fsp3) is 0.526. The van der Waals surface area contributed by atoms with E-state index >= 15 is 0 Å². The highest BCUT2D eigenvalue weighted by Crippen LogP contribution is 2.18. The molecule has 2 heterocycles. The van der Waals surface area contributed by atoms with E-state index in [4.69, 9.17) is 4.52 Å². The Morgan fingerprint density at radius 2 is 2.16 bits per heavy atom. The molecule has 3 rings (SSSR count). The summed E-state index contributed by atoms with van der Waals surface area (Å²) in [6.45, 7) is 5.72. The van der Waals surface area contributed by atoms with Gasteiger partial charge in [-0.25, -0.2) is 0 Å². The lowest BCUT2D eigenvalue weighted by Crippen LogP contribution is -2.42. The first-order valence-corrected chi connectivity index (χ1v) is 9.08. The summed E-state index contributed by atoms with van der Waals surface area (Å²) in [6, 6.07) is 8.49. The number of amides is 1. The minimum Gasteiger partial charge on any atom is -0.356 e. The summed E-state index contributed by atoms with van der Waals surface area (Å²) in [5, 5.41) is 10.4. The van der Waals surface area contributed by atoms with Crippen LogP contribution in [0.1, 0.15) is 38.1 Å². The molecule has 0 radical (unpaired) electrons. The minimum absolute atomic E-state index is 0.143. The number of nitrogens with one attached hydrogen (secondary N) is 2. The molecule has 1 aromatic heterocycles. The number of aryl methyl sites for hydroxylation is 1. The molecule has 2 N–H and O–H groups in total. The highest BCUT2D eigenvalue weighted by atomic mass is 16.5. The Hall–Kier alpha value is -2.21. The van der Waals surface area contributed by atoms with Gasteiger partial charge in [-0.05, 0) is 50.4 Å². The number of hydrogen-bond acceptors (Lipinski definition) is 5. The fourth-order valence-corrected chi connectivity index (χ4v) is 3.17. The summed E-state index contributed by atoms with van der Waals surface area (Å²) in [5.74, 6) is 1.59. The van der Waals surface area contributed by atoms with Gasteiger partial charge in [-0.3, -0.25) is 4.79 Å². The Morgan fingerprint density at radius 1 is 1.36 bits per heavy atom. The van der Waals surface area contributed by atoms with Crippen molar-refractivity contribution in [3.8, 4) is 11.5 Å². The summed E-state index contributed by atoms with van der Waals surface area (Å²) in [7, 11) is 0. The normalized spacial score (nSPS) is 20.4. The van der Waals surface area contributed by atoms with Gasteiger partial charge in [0.1, 0.15) is 0 Å². The first-order chi connectivity index (χ1) is 12.2. The molecule has 6 nitrogen and oxygen atoms in total. The number of carbonyl (C=O) groups excluding carboxylic acids is 1. The summed E-state index contributed by atoms with van der Waals surface area (Å²) in [4.78, 5) is 16.6. The standard InChI is InChI=1S/C19H26N4O2/c1-3-17-22-19(25-23-17)15-6-4-14(5-7-15)8-10-21-18(24)16-9-11-20-13(2)12-16/h4-7,13,16,20H,3,8-12H2,1-2H3,(H,21,24)/t13-,16-/m0/s1. The number of piperidine rings is 1. The van der Waals surface area contributed by atoms with Gasteiger partial charge in [0, 0.05) is 30.5 Å². The Kier molecular flexibility index (Phi) is 5.81. The quantitative estimate of drug-likeness (QED) is 0.842. The Labute approximate surface area is 148 Å². The van der Waals surface area contributed by atoms with E-state index in [1.165, 1.54) is 5.56 Å². The van der Waals surface area contributed by atoms with Crippen LogP contribution in [0, 0.1) is 5.92 Å². The van der Waals surface area contributed by atoms with Gasteiger partial charge in [0.05, 0.1) is 0 Å². The summed E-state index contributed by atoms with van der Waals surface area (Å²) < 4.78 is 5.25. The number of rotatable bonds is 6. The van der Waals surface area contributed by atoms with Crippen molar-refractivity contribution in [2.24, 2.45) is 5.92 Å². The second-order valence-corrected chi connectivity index (χ2v) is 6.68. The number of carbonyl (C=O) groups is 1. The Balaban J connectivity index is 1.48. The zero-order valence-corrected chi connectivity index (χ0v) is 14.9. The van der Waals surface area contributed by atoms with E-state index in [-0.39, 0.29) is 11.8 Å². The van der Waals surface area contributed by atoms with Gasteiger partial charge in [0.2, 0.25) is 5.91 Å². The third kappa shape index (κ3) is 4.66. The number of benzene rings is 1. The Morgan fingerprint density at radius 3 is 2.84 bits per heavy atom. The fourth-order valence-electron chi connectivity index (χ4n) is 3.17. The van der Waals surface area contributed by atoms with Crippen molar-refractivity contribution in [2.75, 3.05) is 13.1 Å². The van der Waals surface area contributed by atoms with Crippen LogP contribution in [-0.2, 0) is 17.6 Å². The van der Waals surface area contributed by atoms with Gasteiger partial charge < -0.3 is 15.2 Å². The maximum atomic E-state index is 12.2. The third-order valence-electron chi connectivity index (χ3n) is 4.69. The molecule has 1 saturated heterocycles. The molecule has 2 atom stereocenters. The molecule has 0 saturated carbocycles. The van der Waals surface area contributed by atoms with Gasteiger partial charge in [-0.15, -0.1) is 0 Å². The van der Waals surface area contributed by atoms with Crippen LogP contribution in [0.2, 0.25) is 0 Å². The summed E-state index contributed by atoms with van der Waals surface area (Å²) in [5.41, 5.74) is 2.10. The number of hydrogen-bond donors (Lipinski definition) is 2. The molecule has 0 bridgehead atoms. The molecule has 0 aliphatic carbocycles. The van der Waals surface area contributed by atoms with Crippen LogP contribution in [0.15, 0.2) is 28.8 Å². The lowest BCUT2D eigenvalue weighted by molar-refractivity contribution is -0.126. The zero-order valence-electron chi connectivity index (χ0n) is 14.9. The molecule has 1 aromatic carbocycles. The van der Waals surface area contributed by atoms with Gasteiger partial charge >= 0.3 is 0 Å².